The summed E-state index contributed by atoms with van der Waals surface area (Å²) < 4.78 is 29.5. The van der Waals surface area contributed by atoms with Gasteiger partial charge in [0.05, 0.1) is 6.20 Å². The van der Waals surface area contributed by atoms with Crippen molar-refractivity contribution < 1.29 is 13.6 Å². The lowest BCUT2D eigenvalue weighted by atomic mass is 10.1. The number of nitrogens with zero attached hydrogens (tertiary/aromatic N) is 3. The maximum atomic E-state index is 13.9. The van der Waals surface area contributed by atoms with E-state index in [-0.39, 0.29) is 42.5 Å². The largest absolute Gasteiger partial charge is 0.365 e. The molecule has 1 fully saturated rings. The molecule has 10 heteroatoms. The van der Waals surface area contributed by atoms with Crippen molar-refractivity contribution in [1.82, 2.24) is 20.4 Å². The smallest absolute Gasteiger partial charge is 0.242 e. The van der Waals surface area contributed by atoms with Gasteiger partial charge in [0.25, 0.3) is 0 Å². The lowest BCUT2D eigenvalue weighted by Gasteiger charge is -2.21. The number of carbonyl (C=O) groups excluding carboxylic acids is 1. The molecular formula is C17H23Cl2F2N5O. The summed E-state index contributed by atoms with van der Waals surface area (Å²) in [5.74, 6) is -1.36. The Balaban J connectivity index is 0.00000182. The number of anilines is 1. The summed E-state index contributed by atoms with van der Waals surface area (Å²) in [7, 11) is 3.48. The molecule has 1 amide bonds. The molecule has 27 heavy (non-hydrogen) atoms. The standard InChI is InChI=1S/C17H21F2N5O.2ClH/c1-20-15(11-8-21-23(2)9-11)17(25)22-12-6-7-24(10-12)16-13(18)4-3-5-14(16)19;;/h3-5,8-9,12,15,20H,6-7,10H2,1-2H3,(H,22,25);2*1H. The second-order valence-electron chi connectivity index (χ2n) is 6.18. The van der Waals surface area contributed by atoms with Crippen LogP contribution < -0.4 is 15.5 Å². The van der Waals surface area contributed by atoms with Crippen LogP contribution in [0.5, 0.6) is 0 Å². The maximum absolute atomic E-state index is 13.9. The van der Waals surface area contributed by atoms with Crippen molar-refractivity contribution >= 4 is 36.4 Å². The first-order valence-corrected chi connectivity index (χ1v) is 8.14. The van der Waals surface area contributed by atoms with E-state index in [2.05, 4.69) is 15.7 Å². The first-order valence-electron chi connectivity index (χ1n) is 8.14. The SMILES string of the molecule is CNC(C(=O)NC1CCN(c2c(F)cccc2F)C1)c1cnn(C)c1.Cl.Cl. The van der Waals surface area contributed by atoms with Gasteiger partial charge in [0.1, 0.15) is 23.4 Å². The summed E-state index contributed by atoms with van der Waals surface area (Å²) in [5, 5.41) is 9.99. The molecule has 2 atom stereocenters. The number of likely N-dealkylation sites (N-methyl/N-ethyl adjacent to an activating group) is 1. The summed E-state index contributed by atoms with van der Waals surface area (Å²) in [6.07, 6.45) is 4.04. The number of benzene rings is 1. The molecule has 150 valence electrons. The number of amides is 1. The second-order valence-corrected chi connectivity index (χ2v) is 6.18. The molecule has 2 unspecified atom stereocenters. The Hall–Kier alpha value is -1.90. The average Bonchev–Trinajstić information content (AvgIpc) is 3.18. The average molecular weight is 422 g/mol. The molecule has 1 aliphatic heterocycles. The van der Waals surface area contributed by atoms with Crippen LogP contribution in [0, 0.1) is 11.6 Å². The quantitative estimate of drug-likeness (QED) is 0.776. The highest BCUT2D eigenvalue weighted by Gasteiger charge is 2.30. The van der Waals surface area contributed by atoms with Gasteiger partial charge in [0.15, 0.2) is 0 Å². The molecule has 2 aromatic rings. The Morgan fingerprint density at radius 1 is 1.30 bits per heavy atom. The monoisotopic (exact) mass is 421 g/mol. The van der Waals surface area contributed by atoms with Gasteiger partial charge in [-0.15, -0.1) is 24.8 Å². The molecule has 1 aliphatic rings. The molecule has 0 spiro atoms. The summed E-state index contributed by atoms with van der Waals surface area (Å²) in [6.45, 7) is 0.854. The third-order valence-corrected chi connectivity index (χ3v) is 4.40. The molecule has 0 bridgehead atoms. The van der Waals surface area contributed by atoms with Crippen LogP contribution >= 0.6 is 24.8 Å². The number of carbonyl (C=O) groups is 1. The number of rotatable bonds is 5. The maximum Gasteiger partial charge on any atom is 0.242 e. The van der Waals surface area contributed by atoms with Crippen LogP contribution in [0.2, 0.25) is 0 Å². The predicted molar refractivity (Wildman–Crippen MR) is 105 cm³/mol. The fourth-order valence-corrected chi connectivity index (χ4v) is 3.20. The highest BCUT2D eigenvalue weighted by Crippen LogP contribution is 2.27. The number of para-hydroxylation sites is 1. The molecular weight excluding hydrogens is 399 g/mol. The van der Waals surface area contributed by atoms with E-state index in [4.69, 9.17) is 0 Å². The van der Waals surface area contributed by atoms with Crippen LogP contribution in [-0.4, -0.2) is 41.9 Å². The molecule has 2 heterocycles. The normalized spacial score (nSPS) is 17.0. The van der Waals surface area contributed by atoms with Crippen molar-refractivity contribution in [2.75, 3.05) is 25.0 Å². The van der Waals surface area contributed by atoms with Gasteiger partial charge in [-0.25, -0.2) is 8.78 Å². The van der Waals surface area contributed by atoms with E-state index >= 15 is 0 Å². The second kappa shape index (κ2) is 9.87. The lowest BCUT2D eigenvalue weighted by Crippen LogP contribution is -2.43. The van der Waals surface area contributed by atoms with Crippen molar-refractivity contribution in [3.8, 4) is 0 Å². The van der Waals surface area contributed by atoms with E-state index in [0.29, 0.717) is 19.5 Å². The molecule has 0 radical (unpaired) electrons. The zero-order valence-corrected chi connectivity index (χ0v) is 16.6. The van der Waals surface area contributed by atoms with E-state index in [9.17, 15) is 13.6 Å². The van der Waals surface area contributed by atoms with Gasteiger partial charge in [-0.3, -0.25) is 9.48 Å². The zero-order valence-electron chi connectivity index (χ0n) is 15.0. The van der Waals surface area contributed by atoms with E-state index in [0.717, 1.165) is 5.56 Å². The number of hydrogen-bond acceptors (Lipinski definition) is 4. The zero-order chi connectivity index (χ0) is 18.0. The lowest BCUT2D eigenvalue weighted by molar-refractivity contribution is -0.123. The fraction of sp³-hybridized carbons (Fsp3) is 0.412. The first kappa shape index (κ1) is 23.1. The highest BCUT2D eigenvalue weighted by atomic mass is 35.5. The van der Waals surface area contributed by atoms with Crippen LogP contribution in [0.25, 0.3) is 0 Å². The molecule has 3 rings (SSSR count). The number of aryl methyl sites for hydroxylation is 1. The van der Waals surface area contributed by atoms with Crippen molar-refractivity contribution in [3.63, 3.8) is 0 Å². The van der Waals surface area contributed by atoms with Gasteiger partial charge in [-0.2, -0.15) is 5.10 Å². The Morgan fingerprint density at radius 2 is 1.96 bits per heavy atom. The van der Waals surface area contributed by atoms with Crippen LogP contribution in [0.3, 0.4) is 0 Å². The van der Waals surface area contributed by atoms with E-state index in [1.54, 1.807) is 36.1 Å². The fourth-order valence-electron chi connectivity index (χ4n) is 3.20. The number of nitrogens with one attached hydrogen (secondary N) is 2. The van der Waals surface area contributed by atoms with Gasteiger partial charge in [-0.05, 0) is 25.6 Å². The van der Waals surface area contributed by atoms with Gasteiger partial charge in [-0.1, -0.05) is 6.07 Å². The molecule has 1 saturated heterocycles. The first-order chi connectivity index (χ1) is 12.0. The predicted octanol–water partition coefficient (Wildman–Crippen LogP) is 2.20. The van der Waals surface area contributed by atoms with Gasteiger partial charge in [0.2, 0.25) is 5.91 Å². The topological polar surface area (TPSA) is 62.2 Å². The van der Waals surface area contributed by atoms with Crippen LogP contribution in [0.15, 0.2) is 30.6 Å². The van der Waals surface area contributed by atoms with Crippen molar-refractivity contribution in [2.24, 2.45) is 7.05 Å². The summed E-state index contributed by atoms with van der Waals surface area (Å²) >= 11 is 0. The van der Waals surface area contributed by atoms with Crippen molar-refractivity contribution in [2.45, 2.75) is 18.5 Å². The summed E-state index contributed by atoms with van der Waals surface area (Å²) in [4.78, 5) is 14.2. The van der Waals surface area contributed by atoms with E-state index in [1.807, 2.05) is 0 Å². The third-order valence-electron chi connectivity index (χ3n) is 4.40. The minimum Gasteiger partial charge on any atom is -0.365 e. The molecule has 6 nitrogen and oxygen atoms in total. The van der Waals surface area contributed by atoms with Gasteiger partial charge in [0, 0.05) is 37.9 Å². The van der Waals surface area contributed by atoms with Gasteiger partial charge >= 0.3 is 0 Å². The molecule has 2 N–H and O–H groups in total. The van der Waals surface area contributed by atoms with Crippen molar-refractivity contribution in [3.05, 3.63) is 47.8 Å². The number of aromatic nitrogens is 2. The van der Waals surface area contributed by atoms with E-state index in [1.165, 1.54) is 18.2 Å². The third kappa shape index (κ3) is 5.09. The Morgan fingerprint density at radius 3 is 2.52 bits per heavy atom. The number of halogens is 4. The minimum absolute atomic E-state index is 0. The van der Waals surface area contributed by atoms with Crippen LogP contribution in [0.1, 0.15) is 18.0 Å². The Kier molecular flexibility index (Phi) is 8.46. The molecule has 0 aliphatic carbocycles. The molecule has 1 aromatic heterocycles. The highest BCUT2D eigenvalue weighted by molar-refractivity contribution is 5.85. The van der Waals surface area contributed by atoms with Gasteiger partial charge < -0.3 is 15.5 Å². The van der Waals surface area contributed by atoms with Crippen LogP contribution in [0.4, 0.5) is 14.5 Å². The van der Waals surface area contributed by atoms with E-state index < -0.39 is 17.7 Å². The van der Waals surface area contributed by atoms with Crippen LogP contribution in [-0.2, 0) is 11.8 Å². The summed E-state index contributed by atoms with van der Waals surface area (Å²) in [6, 6.07) is 3.13. The Labute approximate surface area is 169 Å². The Bertz CT molecular complexity index is 753. The molecule has 0 saturated carbocycles. The summed E-state index contributed by atoms with van der Waals surface area (Å²) in [5.41, 5.74) is 0.731. The minimum atomic E-state index is -0.588. The molecule has 1 aromatic carbocycles. The van der Waals surface area contributed by atoms with Crippen molar-refractivity contribution in [1.29, 1.82) is 0 Å². The number of hydrogen-bond donors (Lipinski definition) is 2.